The second-order valence-corrected chi connectivity index (χ2v) is 16.8. The lowest BCUT2D eigenvalue weighted by atomic mass is 9.70. The number of anilines is 1. The molecule has 8 atom stereocenters. The van der Waals surface area contributed by atoms with Gasteiger partial charge in [-0.15, -0.1) is 11.8 Å². The quantitative estimate of drug-likeness (QED) is 0.280. The second-order valence-electron chi connectivity index (χ2n) is 14.1. The number of ether oxygens (including phenoxy) is 1. The molecule has 3 N–H and O–H groups in total. The predicted molar refractivity (Wildman–Crippen MR) is 172 cm³/mol. The summed E-state index contributed by atoms with van der Waals surface area (Å²) in [4.78, 5) is 44.5. The summed E-state index contributed by atoms with van der Waals surface area (Å²) in [5, 5.41) is 16.7. The molecule has 3 fully saturated rings. The van der Waals surface area contributed by atoms with Crippen LogP contribution in [0.4, 0.5) is 5.69 Å². The molecule has 42 heavy (non-hydrogen) atoms. The molecular weight excluding hydrogens is 618 g/mol. The van der Waals surface area contributed by atoms with Crippen LogP contribution in [0.1, 0.15) is 74.7 Å². The maximum absolute atomic E-state index is 14.5. The van der Waals surface area contributed by atoms with Crippen LogP contribution in [-0.2, 0) is 14.4 Å². The minimum absolute atomic E-state index is 0.0152. The zero-order chi connectivity index (χ0) is 31.2. The van der Waals surface area contributed by atoms with Gasteiger partial charge in [0.05, 0.1) is 35.8 Å². The number of benzene rings is 1. The Morgan fingerprint density at radius 3 is 2.36 bits per heavy atom. The fourth-order valence-corrected chi connectivity index (χ4v) is 11.2. The minimum atomic E-state index is -0.793. The lowest BCUT2D eigenvalue weighted by Gasteiger charge is -2.41. The standard InChI is InChI=1S/C32H48BrN3O5S/c1-9-18(3)22(16-37)36-26(28(39)35-31(7,8)17-30(4,5)6)32-15-21(33)25(42-32)23(24(32)29(36)40)27(38)34-19-11-13-20(14-12-19)41-10-2/h11-14,18,21-26,37H,9-10,15-17H2,1-8H3,(H,34,38)(H,35,39)/t18-,21?,22-,23+,24-,25+,26?,32?/m0/s1. The number of aliphatic hydroxyl groups is 1. The zero-order valence-electron chi connectivity index (χ0n) is 26.2. The second kappa shape index (κ2) is 12.3. The monoisotopic (exact) mass is 665 g/mol. The lowest BCUT2D eigenvalue weighted by Crippen LogP contribution is -2.61. The van der Waals surface area contributed by atoms with E-state index in [4.69, 9.17) is 4.74 Å². The molecule has 1 aromatic rings. The number of thioether (sulfide) groups is 1. The van der Waals surface area contributed by atoms with Crippen LogP contribution in [-0.4, -0.2) is 73.4 Å². The topological polar surface area (TPSA) is 108 Å². The Kier molecular flexibility index (Phi) is 9.71. The molecule has 3 heterocycles. The van der Waals surface area contributed by atoms with Crippen LogP contribution in [0.3, 0.4) is 0 Å². The van der Waals surface area contributed by atoms with Gasteiger partial charge in [-0.3, -0.25) is 14.4 Å². The summed E-state index contributed by atoms with van der Waals surface area (Å²) in [6, 6.07) is 5.90. The van der Waals surface area contributed by atoms with Crippen LogP contribution in [0, 0.1) is 23.2 Å². The van der Waals surface area contributed by atoms with Crippen LogP contribution >= 0.6 is 27.7 Å². The third-order valence-electron chi connectivity index (χ3n) is 8.99. The van der Waals surface area contributed by atoms with E-state index in [2.05, 4.69) is 47.3 Å². The first-order chi connectivity index (χ1) is 19.6. The van der Waals surface area contributed by atoms with Crippen molar-refractivity contribution in [2.75, 3.05) is 18.5 Å². The normalized spacial score (nSPS) is 30.2. The SMILES string of the molecule is CCOc1ccc(NC(=O)[C@H]2[C@@H]3SC4(CC3Br)C(C(=O)NC(C)(C)CC(C)(C)C)N([C@@H](CO)[C@@H](C)CC)C(=O)[C@H]24)cc1. The average Bonchev–Trinajstić information content (AvgIpc) is 3.47. The van der Waals surface area contributed by atoms with Crippen molar-refractivity contribution >= 4 is 51.1 Å². The third kappa shape index (κ3) is 6.23. The highest BCUT2D eigenvalue weighted by molar-refractivity contribution is 9.09. The van der Waals surface area contributed by atoms with Gasteiger partial charge in [0, 0.05) is 21.3 Å². The number of fused-ring (bicyclic) bond motifs is 1. The Hall–Kier alpha value is -1.78. The van der Waals surface area contributed by atoms with Gasteiger partial charge in [-0.25, -0.2) is 0 Å². The molecule has 0 aliphatic carbocycles. The van der Waals surface area contributed by atoms with Gasteiger partial charge in [0.2, 0.25) is 17.7 Å². The molecule has 4 rings (SSSR count). The summed E-state index contributed by atoms with van der Waals surface area (Å²) in [5.74, 6) is -1.22. The van der Waals surface area contributed by atoms with Crippen molar-refractivity contribution in [2.45, 2.75) is 107 Å². The smallest absolute Gasteiger partial charge is 0.244 e. The number of carbonyl (C=O) groups excluding carboxylic acids is 3. The van der Waals surface area contributed by atoms with Crippen molar-refractivity contribution in [3.8, 4) is 5.75 Å². The number of amides is 3. The Morgan fingerprint density at radius 1 is 1.17 bits per heavy atom. The fraction of sp³-hybridized carbons (Fsp3) is 0.719. The van der Waals surface area contributed by atoms with Gasteiger partial charge >= 0.3 is 0 Å². The molecule has 0 saturated carbocycles. The molecule has 234 valence electrons. The molecule has 1 aromatic carbocycles. The van der Waals surface area contributed by atoms with E-state index in [9.17, 15) is 19.5 Å². The van der Waals surface area contributed by atoms with Crippen molar-refractivity contribution < 1.29 is 24.2 Å². The molecular formula is C32H48BrN3O5S. The first-order valence-corrected chi connectivity index (χ1v) is 17.0. The van der Waals surface area contributed by atoms with Gasteiger partial charge in [-0.05, 0) is 69.2 Å². The van der Waals surface area contributed by atoms with Crippen LogP contribution < -0.4 is 15.4 Å². The number of halogens is 1. The number of hydrogen-bond donors (Lipinski definition) is 3. The molecule has 10 heteroatoms. The van der Waals surface area contributed by atoms with Gasteiger partial charge < -0.3 is 25.4 Å². The van der Waals surface area contributed by atoms with Crippen LogP contribution in [0.25, 0.3) is 0 Å². The Morgan fingerprint density at radius 2 is 1.81 bits per heavy atom. The highest BCUT2D eigenvalue weighted by atomic mass is 79.9. The lowest BCUT2D eigenvalue weighted by molar-refractivity contribution is -0.143. The Labute approximate surface area is 263 Å². The number of nitrogens with zero attached hydrogens (tertiary/aromatic N) is 1. The highest BCUT2D eigenvalue weighted by Crippen LogP contribution is 2.68. The summed E-state index contributed by atoms with van der Waals surface area (Å²) in [5.41, 5.74) is 0.104. The average molecular weight is 667 g/mol. The van der Waals surface area contributed by atoms with E-state index in [0.717, 1.165) is 18.6 Å². The molecule has 2 bridgehead atoms. The van der Waals surface area contributed by atoms with Crippen LogP contribution in [0.2, 0.25) is 0 Å². The van der Waals surface area contributed by atoms with E-state index in [1.807, 2.05) is 46.8 Å². The Bertz CT molecular complexity index is 1170. The summed E-state index contributed by atoms with van der Waals surface area (Å²) in [6.45, 7) is 16.7. The summed E-state index contributed by atoms with van der Waals surface area (Å²) >= 11 is 5.44. The molecule has 0 radical (unpaired) electrons. The highest BCUT2D eigenvalue weighted by Gasteiger charge is 2.76. The number of likely N-dealkylation sites (tertiary alicyclic amines) is 1. The number of nitrogens with one attached hydrogen (secondary N) is 2. The van der Waals surface area contributed by atoms with Crippen molar-refractivity contribution in [3.63, 3.8) is 0 Å². The maximum atomic E-state index is 14.5. The minimum Gasteiger partial charge on any atom is -0.494 e. The van der Waals surface area contributed by atoms with E-state index in [1.165, 1.54) is 0 Å². The molecule has 3 saturated heterocycles. The summed E-state index contributed by atoms with van der Waals surface area (Å²) in [6.07, 6.45) is 2.09. The first kappa shape index (κ1) is 33.1. The molecule has 3 amide bonds. The molecule has 3 aliphatic heterocycles. The van der Waals surface area contributed by atoms with Gasteiger partial charge in [0.15, 0.2) is 0 Å². The molecule has 3 aliphatic rings. The number of rotatable bonds is 11. The largest absolute Gasteiger partial charge is 0.494 e. The zero-order valence-corrected chi connectivity index (χ0v) is 28.6. The van der Waals surface area contributed by atoms with Crippen molar-refractivity contribution in [1.82, 2.24) is 10.2 Å². The van der Waals surface area contributed by atoms with Gasteiger partial charge in [-0.1, -0.05) is 57.0 Å². The summed E-state index contributed by atoms with van der Waals surface area (Å²) < 4.78 is 4.75. The molecule has 3 unspecified atom stereocenters. The van der Waals surface area contributed by atoms with Gasteiger partial charge in [0.1, 0.15) is 11.8 Å². The third-order valence-corrected chi connectivity index (χ3v) is 12.2. The van der Waals surface area contributed by atoms with Crippen molar-refractivity contribution in [3.05, 3.63) is 24.3 Å². The van der Waals surface area contributed by atoms with E-state index in [1.54, 1.807) is 28.8 Å². The van der Waals surface area contributed by atoms with Crippen LogP contribution in [0.5, 0.6) is 5.75 Å². The van der Waals surface area contributed by atoms with Crippen molar-refractivity contribution in [1.29, 1.82) is 0 Å². The fourth-order valence-electron chi connectivity index (χ4n) is 7.64. The van der Waals surface area contributed by atoms with Gasteiger partial charge in [0.25, 0.3) is 0 Å². The van der Waals surface area contributed by atoms with E-state index >= 15 is 0 Å². The first-order valence-electron chi connectivity index (χ1n) is 15.2. The molecule has 0 aromatic heterocycles. The number of hydrogen-bond acceptors (Lipinski definition) is 6. The number of aliphatic hydroxyl groups excluding tert-OH is 1. The van der Waals surface area contributed by atoms with E-state index in [-0.39, 0.29) is 45.7 Å². The van der Waals surface area contributed by atoms with E-state index in [0.29, 0.717) is 18.7 Å². The summed E-state index contributed by atoms with van der Waals surface area (Å²) in [7, 11) is 0. The maximum Gasteiger partial charge on any atom is 0.244 e. The Balaban J connectivity index is 1.71. The molecule has 1 spiro atoms. The van der Waals surface area contributed by atoms with Crippen LogP contribution in [0.15, 0.2) is 24.3 Å². The van der Waals surface area contributed by atoms with Gasteiger partial charge in [-0.2, -0.15) is 0 Å². The number of carbonyl (C=O) groups is 3. The number of alkyl halides is 1. The van der Waals surface area contributed by atoms with E-state index < -0.39 is 34.2 Å². The molecule has 8 nitrogen and oxygen atoms in total. The predicted octanol–water partition coefficient (Wildman–Crippen LogP) is 5.23. The van der Waals surface area contributed by atoms with Crippen molar-refractivity contribution in [2.24, 2.45) is 23.2 Å².